The lowest BCUT2D eigenvalue weighted by Gasteiger charge is -2.39. The summed E-state index contributed by atoms with van der Waals surface area (Å²) >= 11 is 6.64. The molecule has 0 unspecified atom stereocenters. The summed E-state index contributed by atoms with van der Waals surface area (Å²) in [6.07, 6.45) is 5.91. The van der Waals surface area contributed by atoms with Gasteiger partial charge in [0.2, 0.25) is 12.5 Å². The molecule has 2 atom stereocenters. The van der Waals surface area contributed by atoms with Crippen molar-refractivity contribution in [2.75, 3.05) is 51.3 Å². The highest BCUT2D eigenvalue weighted by Crippen LogP contribution is 2.30. The highest BCUT2D eigenvalue weighted by Gasteiger charge is 2.34. The van der Waals surface area contributed by atoms with Crippen molar-refractivity contribution in [3.8, 4) is 6.01 Å². The molecule has 4 heterocycles. The maximum Gasteiger partial charge on any atom is 0.336 e. The molecule has 2 aliphatic heterocycles. The summed E-state index contributed by atoms with van der Waals surface area (Å²) in [6.45, 7) is 14.3. The SMILES string of the molecule is [C-]#[N+]C[C@H]1CN(c2nc(OC[C@@H]3CCCN3C)nn3c(Cc4cccc5cccc(Cl)c45)cnc23)CCN1C(=O)C=C. The summed E-state index contributed by atoms with van der Waals surface area (Å²) in [7, 11) is 2.11. The van der Waals surface area contributed by atoms with Crippen LogP contribution in [0.5, 0.6) is 6.01 Å². The molecule has 2 saturated heterocycles. The standard InChI is InChI=1S/C31H33ClN8O2/c1-4-27(41)39-15-14-38(19-25(39)17-33-2)30-29-34-18-24(16-22-10-5-8-21-9-6-12-26(32)28(21)22)40(29)36-31(35-30)42-20-23-11-7-13-37(23)3/h4-6,8-10,12,18,23,25H,1,7,11,13-17,19-20H2,3H3/t23-,25-/m0/s1. The van der Waals surface area contributed by atoms with Crippen molar-refractivity contribution in [3.05, 3.63) is 82.9 Å². The number of carbonyl (C=O) groups is 1. The second-order valence-electron chi connectivity index (χ2n) is 10.9. The number of hydrogen-bond acceptors (Lipinski definition) is 7. The van der Waals surface area contributed by atoms with Crippen molar-refractivity contribution < 1.29 is 9.53 Å². The summed E-state index contributed by atoms with van der Waals surface area (Å²) in [4.78, 5) is 31.8. The van der Waals surface area contributed by atoms with E-state index in [0.29, 0.717) is 55.2 Å². The molecule has 2 aromatic carbocycles. The Morgan fingerprint density at radius 3 is 2.81 bits per heavy atom. The molecule has 2 aromatic heterocycles. The van der Waals surface area contributed by atoms with Crippen LogP contribution in [-0.4, -0.2) is 93.8 Å². The van der Waals surface area contributed by atoms with E-state index in [1.54, 1.807) is 4.90 Å². The molecule has 0 spiro atoms. The first kappa shape index (κ1) is 27.9. The number of anilines is 1. The number of ether oxygens (including phenoxy) is 1. The Morgan fingerprint density at radius 2 is 2.05 bits per heavy atom. The number of nitrogens with zero attached hydrogens (tertiary/aromatic N) is 8. The maximum atomic E-state index is 12.5. The van der Waals surface area contributed by atoms with Crippen molar-refractivity contribution in [1.29, 1.82) is 0 Å². The molecule has 2 fully saturated rings. The fourth-order valence-electron chi connectivity index (χ4n) is 6.08. The van der Waals surface area contributed by atoms with Crippen molar-refractivity contribution in [3.63, 3.8) is 0 Å². The van der Waals surface area contributed by atoms with E-state index in [0.717, 1.165) is 41.4 Å². The predicted octanol–water partition coefficient (Wildman–Crippen LogP) is 4.12. The largest absolute Gasteiger partial charge is 0.461 e. The third-order valence-corrected chi connectivity index (χ3v) is 8.64. The molecule has 0 bridgehead atoms. The van der Waals surface area contributed by atoms with Gasteiger partial charge in [0.1, 0.15) is 12.6 Å². The zero-order valence-electron chi connectivity index (χ0n) is 23.6. The van der Waals surface area contributed by atoms with Gasteiger partial charge in [0, 0.05) is 42.5 Å². The van der Waals surface area contributed by atoms with Crippen LogP contribution < -0.4 is 9.64 Å². The van der Waals surface area contributed by atoms with Crippen molar-refractivity contribution in [2.24, 2.45) is 0 Å². The number of likely N-dealkylation sites (N-methyl/N-ethyl adjacent to an activating group) is 1. The molecule has 10 nitrogen and oxygen atoms in total. The van der Waals surface area contributed by atoms with Crippen LogP contribution >= 0.6 is 11.6 Å². The Bertz CT molecular complexity index is 1680. The molecule has 0 radical (unpaired) electrons. The summed E-state index contributed by atoms with van der Waals surface area (Å²) in [5.74, 6) is 0.459. The number of carbonyl (C=O) groups excluding carboxylic acids is 1. The summed E-state index contributed by atoms with van der Waals surface area (Å²) in [5.41, 5.74) is 2.55. The van der Waals surface area contributed by atoms with Gasteiger partial charge < -0.3 is 24.3 Å². The zero-order chi connectivity index (χ0) is 29.2. The van der Waals surface area contributed by atoms with Crippen LogP contribution in [0.3, 0.4) is 0 Å². The number of fused-ring (bicyclic) bond motifs is 2. The number of aromatic nitrogens is 4. The Hall–Kier alpha value is -4.20. The van der Waals surface area contributed by atoms with Crippen LogP contribution in [0.25, 0.3) is 21.3 Å². The number of imidazole rings is 1. The molecule has 2 aliphatic rings. The number of benzene rings is 2. The van der Waals surface area contributed by atoms with Gasteiger partial charge in [-0.05, 0) is 49.5 Å². The van der Waals surface area contributed by atoms with E-state index in [9.17, 15) is 4.79 Å². The van der Waals surface area contributed by atoms with Crippen molar-refractivity contribution >= 4 is 39.7 Å². The van der Waals surface area contributed by atoms with Crippen LogP contribution in [0.4, 0.5) is 5.82 Å². The first-order valence-corrected chi connectivity index (χ1v) is 14.6. The Morgan fingerprint density at radius 1 is 1.21 bits per heavy atom. The van der Waals surface area contributed by atoms with E-state index in [1.807, 2.05) is 28.9 Å². The molecular weight excluding hydrogens is 552 g/mol. The third kappa shape index (κ3) is 5.38. The van der Waals surface area contributed by atoms with Gasteiger partial charge in [-0.2, -0.15) is 4.98 Å². The lowest BCUT2D eigenvalue weighted by molar-refractivity contribution is -0.128. The summed E-state index contributed by atoms with van der Waals surface area (Å²) in [5, 5.41) is 7.59. The van der Waals surface area contributed by atoms with E-state index in [-0.39, 0.29) is 24.5 Å². The van der Waals surface area contributed by atoms with Crippen LogP contribution in [-0.2, 0) is 11.2 Å². The monoisotopic (exact) mass is 584 g/mol. The third-order valence-electron chi connectivity index (χ3n) is 8.33. The van der Waals surface area contributed by atoms with Gasteiger partial charge in [0.25, 0.3) is 0 Å². The second-order valence-corrected chi connectivity index (χ2v) is 11.3. The van der Waals surface area contributed by atoms with Crippen LogP contribution in [0.2, 0.25) is 5.02 Å². The summed E-state index contributed by atoms with van der Waals surface area (Å²) in [6, 6.07) is 12.4. The average molecular weight is 585 g/mol. The molecule has 0 aliphatic carbocycles. The first-order valence-electron chi connectivity index (χ1n) is 14.2. The fraction of sp³-hybridized carbons (Fsp3) is 0.387. The Kier molecular flexibility index (Phi) is 7.96. The number of halogens is 1. The van der Waals surface area contributed by atoms with Gasteiger partial charge in [0.05, 0.1) is 11.9 Å². The molecule has 4 aromatic rings. The molecule has 0 saturated carbocycles. The molecule has 0 N–H and O–H groups in total. The van der Waals surface area contributed by atoms with Crippen molar-refractivity contribution in [2.45, 2.75) is 31.3 Å². The van der Waals surface area contributed by atoms with Gasteiger partial charge in [-0.15, -0.1) is 5.10 Å². The number of piperazine rings is 1. The van der Waals surface area contributed by atoms with Crippen LogP contribution in [0.15, 0.2) is 55.3 Å². The average Bonchev–Trinajstić information content (AvgIpc) is 3.61. The molecule has 11 heteroatoms. The first-order chi connectivity index (χ1) is 20.5. The van der Waals surface area contributed by atoms with Gasteiger partial charge in [-0.3, -0.25) is 4.79 Å². The molecule has 216 valence electrons. The number of hydrogen-bond donors (Lipinski definition) is 0. The number of likely N-dealkylation sites (tertiary alicyclic amines) is 1. The Labute approximate surface area is 250 Å². The van der Waals surface area contributed by atoms with Crippen molar-refractivity contribution in [1.82, 2.24) is 29.4 Å². The number of amides is 1. The molecular formula is C31H33ClN8O2. The van der Waals surface area contributed by atoms with Crippen LogP contribution in [0.1, 0.15) is 24.1 Å². The minimum Gasteiger partial charge on any atom is -0.461 e. The topological polar surface area (TPSA) is 83.5 Å². The van der Waals surface area contributed by atoms with Gasteiger partial charge in [0.15, 0.2) is 11.5 Å². The van der Waals surface area contributed by atoms with Gasteiger partial charge in [-0.1, -0.05) is 48.5 Å². The van der Waals surface area contributed by atoms with Gasteiger partial charge in [-0.25, -0.2) is 16.1 Å². The lowest BCUT2D eigenvalue weighted by Crippen LogP contribution is -2.56. The maximum absolute atomic E-state index is 12.5. The van der Waals surface area contributed by atoms with E-state index >= 15 is 0 Å². The highest BCUT2D eigenvalue weighted by molar-refractivity contribution is 6.35. The summed E-state index contributed by atoms with van der Waals surface area (Å²) < 4.78 is 8.04. The van der Waals surface area contributed by atoms with Crippen LogP contribution in [0, 0.1) is 6.57 Å². The van der Waals surface area contributed by atoms with E-state index in [1.165, 1.54) is 6.08 Å². The Balaban J connectivity index is 1.38. The van der Waals surface area contributed by atoms with E-state index < -0.39 is 0 Å². The highest BCUT2D eigenvalue weighted by atomic mass is 35.5. The molecule has 42 heavy (non-hydrogen) atoms. The molecule has 1 amide bonds. The minimum atomic E-state index is -0.291. The minimum absolute atomic E-state index is 0.169. The van der Waals surface area contributed by atoms with E-state index in [2.05, 4.69) is 46.5 Å². The smallest absolute Gasteiger partial charge is 0.336 e. The van der Waals surface area contributed by atoms with Gasteiger partial charge >= 0.3 is 6.01 Å². The quantitative estimate of drug-likeness (QED) is 0.228. The zero-order valence-corrected chi connectivity index (χ0v) is 24.4. The normalized spacial score (nSPS) is 19.4. The second kappa shape index (κ2) is 12.0. The molecule has 6 rings (SSSR count). The van der Waals surface area contributed by atoms with E-state index in [4.69, 9.17) is 38.0 Å². The number of rotatable bonds is 8. The fourth-order valence-corrected chi connectivity index (χ4v) is 6.38. The predicted molar refractivity (Wildman–Crippen MR) is 163 cm³/mol. The lowest BCUT2D eigenvalue weighted by atomic mass is 10.0.